The van der Waals surface area contributed by atoms with Crippen molar-refractivity contribution in [2.75, 3.05) is 18.9 Å². The van der Waals surface area contributed by atoms with Crippen molar-refractivity contribution in [3.8, 4) is 11.5 Å². The Morgan fingerprint density at radius 2 is 1.77 bits per heavy atom. The van der Waals surface area contributed by atoms with E-state index < -0.39 is 10.0 Å². The van der Waals surface area contributed by atoms with Crippen LogP contribution < -0.4 is 14.2 Å². The highest BCUT2D eigenvalue weighted by Crippen LogP contribution is 2.30. The maximum absolute atomic E-state index is 12.6. The summed E-state index contributed by atoms with van der Waals surface area (Å²) >= 11 is 3.38. The molecule has 0 aliphatic heterocycles. The molecule has 2 aromatic carbocycles. The minimum absolute atomic E-state index is 0.0231. The van der Waals surface area contributed by atoms with Crippen LogP contribution in [-0.4, -0.2) is 22.6 Å². The van der Waals surface area contributed by atoms with E-state index in [4.69, 9.17) is 9.47 Å². The molecule has 22 heavy (non-hydrogen) atoms. The lowest BCUT2D eigenvalue weighted by Gasteiger charge is -2.13. The third-order valence-electron chi connectivity index (χ3n) is 3.07. The average Bonchev–Trinajstić information content (AvgIpc) is 2.50. The van der Waals surface area contributed by atoms with Crippen LogP contribution in [0.5, 0.6) is 11.5 Å². The number of benzene rings is 2. The summed E-state index contributed by atoms with van der Waals surface area (Å²) in [6.45, 7) is 1.88. The summed E-state index contributed by atoms with van der Waals surface area (Å²) < 4.78 is 38.8. The van der Waals surface area contributed by atoms with Crippen LogP contribution in [-0.2, 0) is 10.0 Å². The van der Waals surface area contributed by atoms with Crippen LogP contribution in [0.2, 0.25) is 0 Å². The van der Waals surface area contributed by atoms with Crippen LogP contribution in [0.4, 0.5) is 5.69 Å². The molecule has 0 spiro atoms. The summed E-state index contributed by atoms with van der Waals surface area (Å²) in [5.41, 5.74) is 1.41. The molecule has 0 aliphatic rings. The number of methoxy groups -OCH3 is 2. The highest BCUT2D eigenvalue weighted by atomic mass is 79.9. The Morgan fingerprint density at radius 1 is 1.05 bits per heavy atom. The number of ether oxygens (including phenoxy) is 2. The largest absolute Gasteiger partial charge is 0.497 e. The van der Waals surface area contributed by atoms with Crippen LogP contribution in [0.3, 0.4) is 0 Å². The predicted octanol–water partition coefficient (Wildman–Crippen LogP) is 3.58. The molecule has 5 nitrogen and oxygen atoms in total. The van der Waals surface area contributed by atoms with E-state index in [9.17, 15) is 8.42 Å². The molecule has 0 atom stereocenters. The van der Waals surface area contributed by atoms with E-state index in [1.165, 1.54) is 20.3 Å². The topological polar surface area (TPSA) is 64.6 Å². The van der Waals surface area contributed by atoms with Crippen molar-refractivity contribution >= 4 is 31.6 Å². The highest BCUT2D eigenvalue weighted by Gasteiger charge is 2.21. The molecule has 0 saturated carbocycles. The maximum Gasteiger partial charge on any atom is 0.265 e. The van der Waals surface area contributed by atoms with Gasteiger partial charge in [0, 0.05) is 16.2 Å². The van der Waals surface area contributed by atoms with Gasteiger partial charge in [0.2, 0.25) is 0 Å². The van der Waals surface area contributed by atoms with Crippen molar-refractivity contribution in [2.45, 2.75) is 11.8 Å². The highest BCUT2D eigenvalue weighted by molar-refractivity contribution is 9.10. The van der Waals surface area contributed by atoms with Crippen LogP contribution in [0, 0.1) is 6.92 Å². The Labute approximate surface area is 138 Å². The van der Waals surface area contributed by atoms with E-state index in [0.29, 0.717) is 11.4 Å². The molecule has 118 valence electrons. The molecule has 0 amide bonds. The molecular weight excluding hydrogens is 370 g/mol. The average molecular weight is 386 g/mol. The van der Waals surface area contributed by atoms with Crippen molar-refractivity contribution in [1.29, 1.82) is 0 Å². The summed E-state index contributed by atoms with van der Waals surface area (Å²) in [6, 6.07) is 9.83. The van der Waals surface area contributed by atoms with Crippen LogP contribution in [0.15, 0.2) is 45.8 Å². The molecular formula is C15H16BrNO4S. The van der Waals surface area contributed by atoms with E-state index in [1.54, 1.807) is 30.3 Å². The molecule has 0 unspecified atom stereocenters. The predicted molar refractivity (Wildman–Crippen MR) is 89.2 cm³/mol. The first-order chi connectivity index (χ1) is 10.4. The molecule has 1 N–H and O–H groups in total. The molecule has 0 fully saturated rings. The van der Waals surface area contributed by atoms with Gasteiger partial charge in [-0.3, -0.25) is 4.72 Å². The SMILES string of the molecule is COc1ccc(OC)c(S(=O)(=O)Nc2ccc(Br)c(C)c2)c1. The third-order valence-corrected chi connectivity index (χ3v) is 5.36. The van der Waals surface area contributed by atoms with Gasteiger partial charge < -0.3 is 9.47 Å². The van der Waals surface area contributed by atoms with Gasteiger partial charge in [0.25, 0.3) is 10.0 Å². The fourth-order valence-electron chi connectivity index (χ4n) is 1.91. The summed E-state index contributed by atoms with van der Waals surface area (Å²) in [5.74, 6) is 0.690. The van der Waals surface area contributed by atoms with Gasteiger partial charge in [0.15, 0.2) is 0 Å². The van der Waals surface area contributed by atoms with Crippen molar-refractivity contribution in [2.24, 2.45) is 0 Å². The van der Waals surface area contributed by atoms with Gasteiger partial charge in [-0.2, -0.15) is 0 Å². The first-order valence-electron chi connectivity index (χ1n) is 6.38. The molecule has 2 rings (SSSR count). The van der Waals surface area contributed by atoms with Gasteiger partial charge in [-0.25, -0.2) is 8.42 Å². The zero-order chi connectivity index (χ0) is 16.3. The molecule has 0 aliphatic carbocycles. The number of hydrogen-bond donors (Lipinski definition) is 1. The van der Waals surface area contributed by atoms with Crippen molar-refractivity contribution < 1.29 is 17.9 Å². The Kier molecular flexibility index (Phi) is 4.97. The summed E-state index contributed by atoms with van der Waals surface area (Å²) in [5, 5.41) is 0. The van der Waals surface area contributed by atoms with E-state index in [-0.39, 0.29) is 10.6 Å². The van der Waals surface area contributed by atoms with Crippen molar-refractivity contribution in [1.82, 2.24) is 0 Å². The monoisotopic (exact) mass is 385 g/mol. The first-order valence-corrected chi connectivity index (χ1v) is 8.66. The smallest absolute Gasteiger partial charge is 0.265 e. The normalized spacial score (nSPS) is 11.1. The second-order valence-electron chi connectivity index (χ2n) is 4.59. The van der Waals surface area contributed by atoms with Crippen LogP contribution in [0.25, 0.3) is 0 Å². The Balaban J connectivity index is 2.43. The summed E-state index contributed by atoms with van der Waals surface area (Å²) in [4.78, 5) is 0.0231. The number of anilines is 1. The van der Waals surface area contributed by atoms with Crippen molar-refractivity contribution in [3.05, 3.63) is 46.4 Å². The number of aryl methyl sites for hydroxylation is 1. The lowest BCUT2D eigenvalue weighted by Crippen LogP contribution is -2.14. The van der Waals surface area contributed by atoms with Crippen molar-refractivity contribution in [3.63, 3.8) is 0 Å². The Hall–Kier alpha value is -1.73. The second kappa shape index (κ2) is 6.58. The fraction of sp³-hybridized carbons (Fsp3) is 0.200. The number of rotatable bonds is 5. The van der Waals surface area contributed by atoms with Crippen LogP contribution in [0.1, 0.15) is 5.56 Å². The van der Waals surface area contributed by atoms with Gasteiger partial charge in [0.1, 0.15) is 16.4 Å². The first kappa shape index (κ1) is 16.6. The number of hydrogen-bond acceptors (Lipinski definition) is 4. The van der Waals surface area contributed by atoms with Gasteiger partial charge in [-0.05, 0) is 42.8 Å². The van der Waals surface area contributed by atoms with Gasteiger partial charge in [-0.1, -0.05) is 15.9 Å². The lowest BCUT2D eigenvalue weighted by atomic mass is 10.2. The van der Waals surface area contributed by atoms with Crippen LogP contribution >= 0.6 is 15.9 Å². The third kappa shape index (κ3) is 3.53. The molecule has 2 aromatic rings. The fourth-order valence-corrected chi connectivity index (χ4v) is 3.39. The van der Waals surface area contributed by atoms with Gasteiger partial charge in [-0.15, -0.1) is 0 Å². The van der Waals surface area contributed by atoms with Gasteiger partial charge in [0.05, 0.1) is 14.2 Å². The molecule has 0 heterocycles. The standard InChI is InChI=1S/C15H16BrNO4S/c1-10-8-11(4-6-13(10)16)17-22(18,19)15-9-12(20-2)5-7-14(15)21-3/h4-9,17H,1-3H3. The van der Waals surface area contributed by atoms with E-state index in [1.807, 2.05) is 6.92 Å². The van der Waals surface area contributed by atoms with Gasteiger partial charge >= 0.3 is 0 Å². The number of nitrogens with one attached hydrogen (secondary N) is 1. The Morgan fingerprint density at radius 3 is 2.36 bits per heavy atom. The summed E-state index contributed by atoms with van der Waals surface area (Å²) in [7, 11) is -0.891. The van der Waals surface area contributed by atoms with E-state index in [2.05, 4.69) is 20.7 Å². The minimum atomic E-state index is -3.79. The molecule has 0 saturated heterocycles. The van der Waals surface area contributed by atoms with E-state index >= 15 is 0 Å². The molecule has 0 aromatic heterocycles. The zero-order valence-corrected chi connectivity index (χ0v) is 14.8. The Bertz CT molecular complexity index is 790. The molecule has 7 heteroatoms. The molecule has 0 bridgehead atoms. The number of halogens is 1. The lowest BCUT2D eigenvalue weighted by molar-refractivity contribution is 0.392. The molecule has 0 radical (unpaired) electrons. The number of sulfonamides is 1. The van der Waals surface area contributed by atoms with E-state index in [0.717, 1.165) is 10.0 Å². The maximum atomic E-state index is 12.6. The second-order valence-corrected chi connectivity index (χ2v) is 7.09. The minimum Gasteiger partial charge on any atom is -0.497 e. The quantitative estimate of drug-likeness (QED) is 0.853. The zero-order valence-electron chi connectivity index (χ0n) is 12.4. The summed E-state index contributed by atoms with van der Waals surface area (Å²) in [6.07, 6.45) is 0.